The minimum Gasteiger partial charge on any atom is -0.459 e. The van der Waals surface area contributed by atoms with Gasteiger partial charge in [-0.2, -0.15) is 0 Å². The Bertz CT molecular complexity index is 1130. The third-order valence-corrected chi connectivity index (χ3v) is 6.35. The fraction of sp³-hybridized carbons (Fsp3) is 0.292. The zero-order valence-corrected chi connectivity index (χ0v) is 16.5. The van der Waals surface area contributed by atoms with Gasteiger partial charge in [0.1, 0.15) is 11.4 Å². The quantitative estimate of drug-likeness (QED) is 0.518. The van der Waals surface area contributed by atoms with Crippen LogP contribution in [0.1, 0.15) is 30.5 Å². The van der Waals surface area contributed by atoms with E-state index in [1.54, 1.807) is 0 Å². The molecule has 2 aliphatic rings. The number of benzene rings is 3. The van der Waals surface area contributed by atoms with E-state index in [1.807, 2.05) is 6.21 Å². The smallest absolute Gasteiger partial charge is 0.228 e. The first-order valence-corrected chi connectivity index (χ1v) is 9.47. The molecule has 0 N–H and O–H groups in total. The van der Waals surface area contributed by atoms with Crippen molar-refractivity contribution in [3.8, 4) is 5.75 Å². The lowest BCUT2D eigenvalue weighted by Gasteiger charge is -2.45. The molecular weight excluding hydrogens is 332 g/mol. The van der Waals surface area contributed by atoms with Crippen LogP contribution in [0.3, 0.4) is 0 Å². The molecule has 0 unspecified atom stereocenters. The Morgan fingerprint density at radius 1 is 1.00 bits per heavy atom. The second-order valence-electron chi connectivity index (χ2n) is 8.35. The van der Waals surface area contributed by atoms with E-state index in [4.69, 9.17) is 9.73 Å². The molecule has 0 saturated carbocycles. The maximum Gasteiger partial charge on any atom is 0.228 e. The van der Waals surface area contributed by atoms with Crippen molar-refractivity contribution in [2.45, 2.75) is 38.8 Å². The van der Waals surface area contributed by atoms with Gasteiger partial charge in [-0.05, 0) is 50.3 Å². The van der Waals surface area contributed by atoms with Crippen molar-refractivity contribution in [2.75, 3.05) is 11.9 Å². The minimum absolute atomic E-state index is 0.235. The summed E-state index contributed by atoms with van der Waals surface area (Å²) in [5.41, 5.74) is 5.18. The van der Waals surface area contributed by atoms with Gasteiger partial charge >= 0.3 is 0 Å². The number of nitrogens with zero attached hydrogens (tertiary/aromatic N) is 2. The number of aryl methyl sites for hydroxylation is 2. The highest BCUT2D eigenvalue weighted by Crippen LogP contribution is 2.55. The predicted molar refractivity (Wildman–Crippen MR) is 113 cm³/mol. The largest absolute Gasteiger partial charge is 0.459 e. The highest BCUT2D eigenvalue weighted by Gasteiger charge is 2.59. The van der Waals surface area contributed by atoms with Crippen LogP contribution in [0.25, 0.3) is 10.8 Å². The first kappa shape index (κ1) is 16.4. The van der Waals surface area contributed by atoms with E-state index in [9.17, 15) is 0 Å². The molecule has 1 atom stereocenters. The van der Waals surface area contributed by atoms with Crippen LogP contribution in [0.4, 0.5) is 11.4 Å². The molecule has 136 valence electrons. The zero-order chi connectivity index (χ0) is 19.0. The van der Waals surface area contributed by atoms with Gasteiger partial charge in [-0.3, -0.25) is 4.99 Å². The number of aliphatic imine (C=N–C) groups is 1. The molecule has 3 aromatic rings. The zero-order valence-electron chi connectivity index (χ0n) is 16.5. The summed E-state index contributed by atoms with van der Waals surface area (Å²) in [4.78, 5) is 7.21. The van der Waals surface area contributed by atoms with E-state index in [1.165, 1.54) is 27.8 Å². The van der Waals surface area contributed by atoms with Gasteiger partial charge in [0.05, 0.1) is 11.6 Å². The van der Waals surface area contributed by atoms with Crippen molar-refractivity contribution < 1.29 is 4.74 Å². The second-order valence-corrected chi connectivity index (χ2v) is 8.35. The molecule has 27 heavy (non-hydrogen) atoms. The monoisotopic (exact) mass is 356 g/mol. The second kappa shape index (κ2) is 5.13. The van der Waals surface area contributed by atoms with Crippen LogP contribution in [0.5, 0.6) is 5.75 Å². The van der Waals surface area contributed by atoms with Gasteiger partial charge in [0.15, 0.2) is 0 Å². The fourth-order valence-electron chi connectivity index (χ4n) is 4.90. The number of anilines is 1. The molecule has 0 aromatic heterocycles. The van der Waals surface area contributed by atoms with Gasteiger partial charge in [0, 0.05) is 18.1 Å². The molecule has 3 heteroatoms. The molecule has 0 saturated heterocycles. The normalized spacial score (nSPS) is 22.0. The van der Waals surface area contributed by atoms with Crippen molar-refractivity contribution in [2.24, 2.45) is 4.99 Å². The molecule has 5 rings (SSSR count). The summed E-state index contributed by atoms with van der Waals surface area (Å²) in [6, 6.07) is 17.0. The van der Waals surface area contributed by atoms with Crippen LogP contribution >= 0.6 is 0 Å². The summed E-state index contributed by atoms with van der Waals surface area (Å²) in [7, 11) is 2.12. The number of hydrogen-bond donors (Lipinski definition) is 0. The summed E-state index contributed by atoms with van der Waals surface area (Å²) < 4.78 is 6.77. The molecule has 0 amide bonds. The summed E-state index contributed by atoms with van der Waals surface area (Å²) in [5, 5.41) is 2.31. The van der Waals surface area contributed by atoms with E-state index in [-0.39, 0.29) is 5.41 Å². The Hall–Kier alpha value is -2.81. The van der Waals surface area contributed by atoms with Crippen LogP contribution in [0, 0.1) is 13.8 Å². The van der Waals surface area contributed by atoms with E-state index in [2.05, 4.69) is 88.2 Å². The third kappa shape index (κ3) is 1.94. The first-order valence-electron chi connectivity index (χ1n) is 9.47. The summed E-state index contributed by atoms with van der Waals surface area (Å²) in [6.07, 6.45) is 2.01. The lowest BCUT2D eigenvalue weighted by molar-refractivity contribution is 0.0826. The van der Waals surface area contributed by atoms with Crippen LogP contribution in [0.15, 0.2) is 53.5 Å². The molecule has 0 radical (unpaired) electrons. The first-order chi connectivity index (χ1) is 12.8. The van der Waals surface area contributed by atoms with E-state index in [0.717, 1.165) is 16.8 Å². The van der Waals surface area contributed by atoms with Crippen LogP contribution in [-0.4, -0.2) is 19.0 Å². The molecule has 0 aliphatic carbocycles. The number of hydrogen-bond acceptors (Lipinski definition) is 3. The lowest BCUT2D eigenvalue weighted by atomic mass is 9.77. The standard InChI is InChI=1S/C24H24N2O/c1-15-12-16(2)22-19(13-15)23(3,4)24(26(22)5)14-25-21-18-9-7-6-8-17(18)10-11-20(21)27-24/h6-14H,1-5H3/t24-/m0/s1. The maximum atomic E-state index is 6.77. The van der Waals surface area contributed by atoms with Crippen molar-refractivity contribution >= 4 is 28.4 Å². The number of likely N-dealkylation sites (N-methyl/N-ethyl adjacent to an activating group) is 1. The molecular formula is C24H24N2O. The van der Waals surface area contributed by atoms with Gasteiger partial charge in [-0.15, -0.1) is 0 Å². The number of ether oxygens (including phenoxy) is 1. The highest BCUT2D eigenvalue weighted by atomic mass is 16.5. The Kier molecular flexibility index (Phi) is 3.11. The average molecular weight is 356 g/mol. The topological polar surface area (TPSA) is 24.8 Å². The highest BCUT2D eigenvalue weighted by molar-refractivity contribution is 5.99. The lowest BCUT2D eigenvalue weighted by Crippen LogP contribution is -2.61. The average Bonchev–Trinajstić information content (AvgIpc) is 2.80. The van der Waals surface area contributed by atoms with Gasteiger partial charge in [-0.1, -0.05) is 48.0 Å². The van der Waals surface area contributed by atoms with Crippen LogP contribution < -0.4 is 9.64 Å². The molecule has 1 spiro atoms. The SMILES string of the molecule is Cc1cc(C)c2c(c1)C(C)(C)[C@@]1(C=Nc3c(ccc4ccccc34)O1)N2C. The maximum absolute atomic E-state index is 6.77. The molecule has 0 bridgehead atoms. The summed E-state index contributed by atoms with van der Waals surface area (Å²) >= 11 is 0. The predicted octanol–water partition coefficient (Wildman–Crippen LogP) is 5.68. The Balaban J connectivity index is 1.73. The molecule has 3 nitrogen and oxygen atoms in total. The van der Waals surface area contributed by atoms with E-state index >= 15 is 0 Å². The van der Waals surface area contributed by atoms with Crippen LogP contribution in [0.2, 0.25) is 0 Å². The van der Waals surface area contributed by atoms with Crippen molar-refractivity contribution in [3.63, 3.8) is 0 Å². The van der Waals surface area contributed by atoms with E-state index in [0.29, 0.717) is 0 Å². The molecule has 0 fully saturated rings. The van der Waals surface area contributed by atoms with Crippen LogP contribution in [-0.2, 0) is 5.41 Å². The van der Waals surface area contributed by atoms with Gasteiger partial charge in [0.25, 0.3) is 0 Å². The van der Waals surface area contributed by atoms with Gasteiger partial charge in [0.2, 0.25) is 5.72 Å². The van der Waals surface area contributed by atoms with Gasteiger partial charge < -0.3 is 9.64 Å². The summed E-state index contributed by atoms with van der Waals surface area (Å²) in [5.74, 6) is 0.846. The van der Waals surface area contributed by atoms with Crippen molar-refractivity contribution in [1.82, 2.24) is 0 Å². The summed E-state index contributed by atoms with van der Waals surface area (Å²) in [6.45, 7) is 8.85. The van der Waals surface area contributed by atoms with E-state index < -0.39 is 5.72 Å². The minimum atomic E-state index is -0.636. The number of rotatable bonds is 0. The fourth-order valence-corrected chi connectivity index (χ4v) is 4.90. The van der Waals surface area contributed by atoms with Crippen molar-refractivity contribution in [1.29, 1.82) is 0 Å². The molecule has 2 heterocycles. The van der Waals surface area contributed by atoms with Gasteiger partial charge in [-0.25, -0.2) is 0 Å². The third-order valence-electron chi connectivity index (χ3n) is 6.35. The molecule has 2 aliphatic heterocycles. The molecule has 3 aromatic carbocycles. The Morgan fingerprint density at radius 3 is 2.59 bits per heavy atom. The Morgan fingerprint density at radius 2 is 1.78 bits per heavy atom. The Labute approximate surface area is 160 Å². The number of fused-ring (bicyclic) bond motifs is 4. The van der Waals surface area contributed by atoms with Crippen molar-refractivity contribution in [3.05, 3.63) is 65.2 Å².